The Hall–Kier alpha value is -3.49. The van der Waals surface area contributed by atoms with Crippen molar-refractivity contribution in [3.63, 3.8) is 0 Å². The van der Waals surface area contributed by atoms with Crippen molar-refractivity contribution in [1.82, 2.24) is 9.97 Å². The largest absolute Gasteiger partial charge is 0.488 e. The number of ether oxygens (including phenoxy) is 1. The molecule has 0 saturated carbocycles. The first-order valence-electron chi connectivity index (χ1n) is 9.74. The van der Waals surface area contributed by atoms with Crippen molar-refractivity contribution >= 4 is 15.8 Å². The highest BCUT2D eigenvalue weighted by molar-refractivity contribution is 7.93. The number of hydrogen-bond acceptors (Lipinski definition) is 6. The normalized spacial score (nSPS) is 15.9. The van der Waals surface area contributed by atoms with Gasteiger partial charge in [-0.3, -0.25) is 0 Å². The Morgan fingerprint density at radius 1 is 1.06 bits per heavy atom. The highest BCUT2D eigenvalue weighted by Crippen LogP contribution is 2.30. The topological polar surface area (TPSA) is 107 Å². The van der Waals surface area contributed by atoms with Gasteiger partial charge < -0.3 is 10.1 Å². The first-order valence-corrected chi connectivity index (χ1v) is 11.3. The zero-order chi connectivity index (χ0) is 21.7. The fraction of sp³-hybridized carbons (Fsp3) is 0.130. The molecule has 0 saturated heterocycles. The maximum atomic E-state index is 11.6. The molecule has 2 aromatic carbocycles. The lowest BCUT2D eigenvalue weighted by atomic mass is 10.1. The number of rotatable bonds is 7. The molecule has 0 spiro atoms. The maximum Gasteiger partial charge on any atom is 0.234 e. The smallest absolute Gasteiger partial charge is 0.234 e. The van der Waals surface area contributed by atoms with Crippen LogP contribution in [0.3, 0.4) is 0 Å². The molecule has 3 aromatic rings. The number of nitrogens with one attached hydrogen (secondary N) is 1. The summed E-state index contributed by atoms with van der Waals surface area (Å²) in [6.07, 6.45) is 6.78. The third kappa shape index (κ3) is 5.36. The molecule has 1 aromatic heterocycles. The van der Waals surface area contributed by atoms with Crippen LogP contribution in [-0.2, 0) is 16.6 Å². The van der Waals surface area contributed by atoms with E-state index in [1.165, 1.54) is 12.4 Å². The van der Waals surface area contributed by atoms with Crippen LogP contribution in [-0.4, -0.2) is 24.4 Å². The van der Waals surface area contributed by atoms with Gasteiger partial charge in [0.25, 0.3) is 0 Å². The number of nitrogens with two attached hydrogens (primary N) is 1. The Labute approximate surface area is 181 Å². The molecule has 3 N–H and O–H groups in total. The fourth-order valence-corrected chi connectivity index (χ4v) is 3.95. The summed E-state index contributed by atoms with van der Waals surface area (Å²) >= 11 is 0. The van der Waals surface area contributed by atoms with Crippen LogP contribution in [0.4, 0.5) is 5.82 Å². The molecule has 7 nitrogen and oxygen atoms in total. The SMILES string of the molecule is NS(=O)(=O)C1=CC=CC(Nc2cc(-c3ccccc3OCc3ccccc3)ncn2)C1. The predicted molar refractivity (Wildman–Crippen MR) is 121 cm³/mol. The van der Waals surface area contributed by atoms with Gasteiger partial charge in [-0.2, -0.15) is 0 Å². The molecule has 1 atom stereocenters. The van der Waals surface area contributed by atoms with E-state index in [2.05, 4.69) is 15.3 Å². The van der Waals surface area contributed by atoms with Crippen molar-refractivity contribution in [2.75, 3.05) is 5.32 Å². The van der Waals surface area contributed by atoms with Crippen LogP contribution >= 0.6 is 0 Å². The Balaban J connectivity index is 1.51. The molecule has 0 fully saturated rings. The Morgan fingerprint density at radius 3 is 2.65 bits per heavy atom. The quantitative estimate of drug-likeness (QED) is 0.588. The summed E-state index contributed by atoms with van der Waals surface area (Å²) in [6.45, 7) is 0.448. The number of anilines is 1. The second-order valence-corrected chi connectivity index (χ2v) is 8.69. The molecule has 1 heterocycles. The van der Waals surface area contributed by atoms with E-state index in [9.17, 15) is 8.42 Å². The van der Waals surface area contributed by atoms with Gasteiger partial charge in [0.2, 0.25) is 10.0 Å². The van der Waals surface area contributed by atoms with Gasteiger partial charge in [0.15, 0.2) is 0 Å². The molecule has 0 bridgehead atoms. The van der Waals surface area contributed by atoms with Gasteiger partial charge in [-0.05, 0) is 23.8 Å². The standard InChI is InChI=1S/C23H22N4O3S/c24-31(28,29)19-10-6-9-18(13-19)27-23-14-21(25-16-26-23)20-11-4-5-12-22(20)30-15-17-7-2-1-3-8-17/h1-12,14,16,18H,13,15H2,(H2,24,28,29)(H,25,26,27). The third-order valence-electron chi connectivity index (χ3n) is 4.81. The van der Waals surface area contributed by atoms with Crippen molar-refractivity contribution in [2.45, 2.75) is 19.1 Å². The zero-order valence-electron chi connectivity index (χ0n) is 16.7. The number of benzene rings is 2. The number of allylic oxidation sites excluding steroid dienone is 2. The number of aromatic nitrogens is 2. The highest BCUT2D eigenvalue weighted by atomic mass is 32.2. The van der Waals surface area contributed by atoms with Crippen LogP contribution in [0.2, 0.25) is 0 Å². The first-order chi connectivity index (χ1) is 15.0. The van der Waals surface area contributed by atoms with E-state index in [0.29, 0.717) is 23.9 Å². The van der Waals surface area contributed by atoms with Gasteiger partial charge in [-0.25, -0.2) is 23.5 Å². The van der Waals surface area contributed by atoms with E-state index >= 15 is 0 Å². The molecule has 8 heteroatoms. The predicted octanol–water partition coefficient (Wildman–Crippen LogP) is 3.64. The molecule has 158 valence electrons. The minimum Gasteiger partial charge on any atom is -0.488 e. The Morgan fingerprint density at radius 2 is 1.84 bits per heavy atom. The lowest BCUT2D eigenvalue weighted by molar-refractivity contribution is 0.307. The van der Waals surface area contributed by atoms with E-state index in [1.807, 2.05) is 66.7 Å². The van der Waals surface area contributed by atoms with E-state index in [0.717, 1.165) is 11.1 Å². The molecular weight excluding hydrogens is 412 g/mol. The molecule has 0 amide bonds. The fourth-order valence-electron chi connectivity index (χ4n) is 3.27. The van der Waals surface area contributed by atoms with E-state index in [-0.39, 0.29) is 17.4 Å². The first kappa shape index (κ1) is 20.8. The summed E-state index contributed by atoms with van der Waals surface area (Å²) in [5.74, 6) is 1.29. The minimum absolute atomic E-state index is 0.182. The van der Waals surface area contributed by atoms with Crippen molar-refractivity contribution in [1.29, 1.82) is 0 Å². The number of primary sulfonamides is 1. The third-order valence-corrected chi connectivity index (χ3v) is 5.85. The van der Waals surface area contributed by atoms with Gasteiger partial charge in [-0.15, -0.1) is 0 Å². The monoisotopic (exact) mass is 434 g/mol. The summed E-state index contributed by atoms with van der Waals surface area (Å²) in [5, 5.41) is 8.49. The molecular formula is C23H22N4O3S. The molecule has 1 aliphatic rings. The van der Waals surface area contributed by atoms with Crippen LogP contribution in [0, 0.1) is 0 Å². The van der Waals surface area contributed by atoms with Crippen LogP contribution in [0.15, 0.2) is 90.1 Å². The van der Waals surface area contributed by atoms with Gasteiger partial charge in [0.05, 0.1) is 16.6 Å². The average molecular weight is 435 g/mol. The van der Waals surface area contributed by atoms with Crippen LogP contribution < -0.4 is 15.2 Å². The second-order valence-electron chi connectivity index (χ2n) is 7.08. The van der Waals surface area contributed by atoms with Crippen molar-refractivity contribution in [3.05, 3.63) is 95.7 Å². The molecule has 1 aliphatic carbocycles. The molecule has 1 unspecified atom stereocenters. The van der Waals surface area contributed by atoms with E-state index in [4.69, 9.17) is 9.88 Å². The van der Waals surface area contributed by atoms with Crippen molar-refractivity contribution in [3.8, 4) is 17.0 Å². The van der Waals surface area contributed by atoms with Crippen LogP contribution in [0.25, 0.3) is 11.3 Å². The minimum atomic E-state index is -3.72. The Bertz CT molecular complexity index is 1220. The number of hydrogen-bond donors (Lipinski definition) is 2. The van der Waals surface area contributed by atoms with Gasteiger partial charge in [0, 0.05) is 18.1 Å². The van der Waals surface area contributed by atoms with Gasteiger partial charge in [0.1, 0.15) is 24.5 Å². The Kier molecular flexibility index (Phi) is 6.11. The summed E-state index contributed by atoms with van der Waals surface area (Å²) in [5.41, 5.74) is 2.61. The summed E-state index contributed by atoms with van der Waals surface area (Å²) < 4.78 is 29.3. The van der Waals surface area contributed by atoms with Crippen LogP contribution in [0.5, 0.6) is 5.75 Å². The molecule has 0 radical (unpaired) electrons. The maximum absolute atomic E-state index is 11.6. The molecule has 31 heavy (non-hydrogen) atoms. The lowest BCUT2D eigenvalue weighted by Gasteiger charge is -2.19. The number of sulfonamides is 1. The second kappa shape index (κ2) is 9.11. The molecule has 4 rings (SSSR count). The average Bonchev–Trinajstić information content (AvgIpc) is 2.78. The lowest BCUT2D eigenvalue weighted by Crippen LogP contribution is -2.25. The molecule has 0 aliphatic heterocycles. The summed E-state index contributed by atoms with van der Waals surface area (Å²) in [7, 11) is -3.72. The van der Waals surface area contributed by atoms with Gasteiger partial charge in [-0.1, -0.05) is 54.6 Å². The highest BCUT2D eigenvalue weighted by Gasteiger charge is 2.19. The zero-order valence-corrected chi connectivity index (χ0v) is 17.5. The van der Waals surface area contributed by atoms with E-state index < -0.39 is 10.0 Å². The van der Waals surface area contributed by atoms with E-state index in [1.54, 1.807) is 6.08 Å². The summed E-state index contributed by atoms with van der Waals surface area (Å²) in [6, 6.07) is 19.2. The van der Waals surface area contributed by atoms with Crippen molar-refractivity contribution in [2.24, 2.45) is 5.14 Å². The number of nitrogens with zero attached hydrogens (tertiary/aromatic N) is 2. The van der Waals surface area contributed by atoms with Crippen molar-refractivity contribution < 1.29 is 13.2 Å². The van der Waals surface area contributed by atoms with Gasteiger partial charge >= 0.3 is 0 Å². The summed E-state index contributed by atoms with van der Waals surface area (Å²) in [4.78, 5) is 8.85. The van der Waals surface area contributed by atoms with Crippen LogP contribution in [0.1, 0.15) is 12.0 Å². The number of para-hydroxylation sites is 1.